The van der Waals surface area contributed by atoms with Crippen LogP contribution in [0.3, 0.4) is 0 Å². The van der Waals surface area contributed by atoms with E-state index in [1.165, 1.54) is 10.7 Å². The lowest BCUT2D eigenvalue weighted by molar-refractivity contribution is -0.123. The van der Waals surface area contributed by atoms with Crippen LogP contribution in [-0.4, -0.2) is 35.4 Å². The van der Waals surface area contributed by atoms with Crippen molar-refractivity contribution in [3.05, 3.63) is 64.3 Å². The minimum absolute atomic E-state index is 0.118. The first-order valence-corrected chi connectivity index (χ1v) is 9.78. The molecule has 8 heteroatoms. The van der Waals surface area contributed by atoms with E-state index in [1.54, 1.807) is 35.6 Å². The molecule has 0 aliphatic carbocycles. The molecule has 1 amide bonds. The van der Waals surface area contributed by atoms with Crippen molar-refractivity contribution in [2.75, 3.05) is 19.8 Å². The van der Waals surface area contributed by atoms with Gasteiger partial charge in [-0.2, -0.15) is 5.10 Å². The number of benzene rings is 1. The first kappa shape index (κ1) is 19.6. The van der Waals surface area contributed by atoms with Crippen LogP contribution in [0.4, 0.5) is 0 Å². The van der Waals surface area contributed by atoms with E-state index in [0.717, 1.165) is 10.6 Å². The van der Waals surface area contributed by atoms with E-state index in [2.05, 4.69) is 10.4 Å². The summed E-state index contributed by atoms with van der Waals surface area (Å²) in [7, 11) is 0. The van der Waals surface area contributed by atoms with E-state index in [4.69, 9.17) is 9.47 Å². The molecule has 2 heterocycles. The van der Waals surface area contributed by atoms with Gasteiger partial charge in [0, 0.05) is 18.7 Å². The molecule has 28 heavy (non-hydrogen) atoms. The summed E-state index contributed by atoms with van der Waals surface area (Å²) in [6, 6.07) is 14.2. The first-order valence-electron chi connectivity index (χ1n) is 8.90. The Bertz CT molecular complexity index is 970. The Balaban J connectivity index is 1.48. The molecule has 0 fully saturated rings. The minimum Gasteiger partial charge on any atom is -0.494 e. The quantitative estimate of drug-likeness (QED) is 0.598. The lowest BCUT2D eigenvalue weighted by atomic mass is 10.3. The molecule has 0 saturated heterocycles. The molecule has 3 aromatic rings. The lowest BCUT2D eigenvalue weighted by Gasteiger charge is -2.10. The maximum absolute atomic E-state index is 12.0. The molecule has 0 aliphatic heterocycles. The summed E-state index contributed by atoms with van der Waals surface area (Å²) < 4.78 is 12.2. The van der Waals surface area contributed by atoms with Crippen LogP contribution in [0.15, 0.2) is 58.7 Å². The number of hydrogen-bond donors (Lipinski definition) is 1. The van der Waals surface area contributed by atoms with Crippen LogP contribution in [0.2, 0.25) is 0 Å². The van der Waals surface area contributed by atoms with Crippen LogP contribution in [0, 0.1) is 0 Å². The largest absolute Gasteiger partial charge is 0.494 e. The Labute approximate surface area is 166 Å². The van der Waals surface area contributed by atoms with Gasteiger partial charge in [0.25, 0.3) is 11.5 Å². The van der Waals surface area contributed by atoms with Gasteiger partial charge in [0.1, 0.15) is 17.2 Å². The summed E-state index contributed by atoms with van der Waals surface area (Å²) in [5.41, 5.74) is 0.525. The number of aromatic nitrogens is 2. The topological polar surface area (TPSA) is 82.4 Å². The fourth-order valence-corrected chi connectivity index (χ4v) is 3.18. The third-order valence-corrected chi connectivity index (χ3v) is 4.66. The Morgan fingerprint density at radius 1 is 1.14 bits per heavy atom. The van der Waals surface area contributed by atoms with E-state index in [-0.39, 0.29) is 31.2 Å². The molecule has 0 aliphatic rings. The monoisotopic (exact) mass is 399 g/mol. The number of ether oxygens (including phenoxy) is 2. The number of nitrogens with zero attached hydrogens (tertiary/aromatic N) is 2. The molecular formula is C20H21N3O4S. The molecule has 0 bridgehead atoms. The normalized spacial score (nSPS) is 10.5. The Hall–Kier alpha value is -3.13. The van der Waals surface area contributed by atoms with Gasteiger partial charge in [-0.1, -0.05) is 12.1 Å². The molecule has 0 unspecified atom stereocenters. The van der Waals surface area contributed by atoms with Gasteiger partial charge in [0.05, 0.1) is 18.0 Å². The lowest BCUT2D eigenvalue weighted by Crippen LogP contribution is -2.34. The summed E-state index contributed by atoms with van der Waals surface area (Å²) in [6.45, 7) is 2.90. The second-order valence-electron chi connectivity index (χ2n) is 5.80. The van der Waals surface area contributed by atoms with Crippen LogP contribution in [-0.2, 0) is 11.3 Å². The molecule has 0 saturated carbocycles. The second-order valence-corrected chi connectivity index (χ2v) is 6.75. The van der Waals surface area contributed by atoms with Gasteiger partial charge in [-0.15, -0.1) is 11.3 Å². The Morgan fingerprint density at radius 3 is 2.71 bits per heavy atom. The molecule has 1 aromatic carbocycles. The predicted molar refractivity (Wildman–Crippen MR) is 108 cm³/mol. The summed E-state index contributed by atoms with van der Waals surface area (Å²) in [5, 5.41) is 9.04. The Kier molecular flexibility index (Phi) is 6.80. The number of thiophene rings is 1. The van der Waals surface area contributed by atoms with Crippen molar-refractivity contribution >= 4 is 17.2 Å². The zero-order chi connectivity index (χ0) is 19.8. The average Bonchev–Trinajstić information content (AvgIpc) is 3.23. The highest BCUT2D eigenvalue weighted by Gasteiger charge is 2.06. The highest BCUT2D eigenvalue weighted by atomic mass is 32.1. The maximum atomic E-state index is 12.0. The van der Waals surface area contributed by atoms with Gasteiger partial charge in [-0.25, -0.2) is 4.68 Å². The van der Waals surface area contributed by atoms with Gasteiger partial charge in [0.2, 0.25) is 0 Å². The number of rotatable bonds is 9. The molecule has 2 aromatic heterocycles. The van der Waals surface area contributed by atoms with E-state index >= 15 is 0 Å². The second kappa shape index (κ2) is 9.70. The number of carbonyl (C=O) groups is 1. The van der Waals surface area contributed by atoms with E-state index in [0.29, 0.717) is 18.1 Å². The molecule has 146 valence electrons. The zero-order valence-electron chi connectivity index (χ0n) is 15.5. The SMILES string of the molecule is CCOc1cccc(OCC(=O)NCCn2nc(-c3cccs3)ccc2=O)c1. The van der Waals surface area contributed by atoms with Gasteiger partial charge >= 0.3 is 0 Å². The van der Waals surface area contributed by atoms with Crippen LogP contribution < -0.4 is 20.3 Å². The van der Waals surface area contributed by atoms with Crippen molar-refractivity contribution < 1.29 is 14.3 Å². The number of hydrogen-bond acceptors (Lipinski definition) is 6. The molecule has 0 radical (unpaired) electrons. The molecular weight excluding hydrogens is 378 g/mol. The van der Waals surface area contributed by atoms with Crippen molar-refractivity contribution in [3.8, 4) is 22.1 Å². The van der Waals surface area contributed by atoms with Crippen molar-refractivity contribution in [1.82, 2.24) is 15.1 Å². The van der Waals surface area contributed by atoms with Crippen molar-refractivity contribution in [3.63, 3.8) is 0 Å². The standard InChI is InChI=1S/C20H21N3O4S/c1-2-26-15-5-3-6-16(13-15)27-14-19(24)21-10-11-23-20(25)9-8-17(22-23)18-7-4-12-28-18/h3-9,12-13H,2,10-11,14H2,1H3,(H,21,24). The van der Waals surface area contributed by atoms with Crippen LogP contribution in [0.5, 0.6) is 11.5 Å². The average molecular weight is 399 g/mol. The van der Waals surface area contributed by atoms with Crippen molar-refractivity contribution in [1.29, 1.82) is 0 Å². The summed E-state index contributed by atoms with van der Waals surface area (Å²) in [4.78, 5) is 24.9. The van der Waals surface area contributed by atoms with Crippen LogP contribution >= 0.6 is 11.3 Å². The molecule has 3 rings (SSSR count). The van der Waals surface area contributed by atoms with Gasteiger partial charge in [-0.05, 0) is 36.6 Å². The fourth-order valence-electron chi connectivity index (χ4n) is 2.49. The summed E-state index contributed by atoms with van der Waals surface area (Å²) in [5.74, 6) is 0.975. The third kappa shape index (κ3) is 5.43. The molecule has 0 atom stereocenters. The maximum Gasteiger partial charge on any atom is 0.266 e. The number of carbonyl (C=O) groups excluding carboxylic acids is 1. The highest BCUT2D eigenvalue weighted by molar-refractivity contribution is 7.13. The highest BCUT2D eigenvalue weighted by Crippen LogP contribution is 2.21. The zero-order valence-corrected chi connectivity index (χ0v) is 16.3. The van der Waals surface area contributed by atoms with Gasteiger partial charge in [0.15, 0.2) is 6.61 Å². The number of nitrogens with one attached hydrogen (secondary N) is 1. The van der Waals surface area contributed by atoms with Gasteiger partial charge < -0.3 is 14.8 Å². The van der Waals surface area contributed by atoms with Crippen molar-refractivity contribution in [2.45, 2.75) is 13.5 Å². The predicted octanol–water partition coefficient (Wildman–Crippen LogP) is 2.57. The van der Waals surface area contributed by atoms with Crippen molar-refractivity contribution in [2.24, 2.45) is 0 Å². The van der Waals surface area contributed by atoms with Gasteiger partial charge in [-0.3, -0.25) is 9.59 Å². The minimum atomic E-state index is -0.274. The number of amides is 1. The third-order valence-electron chi connectivity index (χ3n) is 3.77. The van der Waals surface area contributed by atoms with Crippen LogP contribution in [0.25, 0.3) is 10.6 Å². The summed E-state index contributed by atoms with van der Waals surface area (Å²) >= 11 is 1.55. The molecule has 0 spiro atoms. The van der Waals surface area contributed by atoms with E-state index in [1.807, 2.05) is 30.5 Å². The molecule has 1 N–H and O–H groups in total. The van der Waals surface area contributed by atoms with E-state index in [9.17, 15) is 9.59 Å². The first-order chi connectivity index (χ1) is 13.7. The Morgan fingerprint density at radius 2 is 1.96 bits per heavy atom. The fraction of sp³-hybridized carbons (Fsp3) is 0.250. The van der Waals surface area contributed by atoms with E-state index < -0.39 is 0 Å². The molecule has 7 nitrogen and oxygen atoms in total. The smallest absolute Gasteiger partial charge is 0.266 e. The van der Waals surface area contributed by atoms with Crippen LogP contribution in [0.1, 0.15) is 6.92 Å². The summed E-state index contributed by atoms with van der Waals surface area (Å²) in [6.07, 6.45) is 0.